The monoisotopic (exact) mass is 398 g/mol. The number of ether oxygens (including phenoxy) is 1. The van der Waals surface area contributed by atoms with Crippen molar-refractivity contribution in [3.8, 4) is 11.5 Å². The fraction of sp³-hybridized carbons (Fsp3) is 0.294. The number of methoxy groups -OCH3 is 1. The Morgan fingerprint density at radius 2 is 1.78 bits per heavy atom. The first-order valence-electron chi connectivity index (χ1n) is 7.13. The van der Waals surface area contributed by atoms with Crippen LogP contribution in [0, 0.1) is 6.92 Å². The van der Waals surface area contributed by atoms with Gasteiger partial charge in [-0.05, 0) is 54.3 Å². The summed E-state index contributed by atoms with van der Waals surface area (Å²) in [5, 5.41) is 0. The zero-order valence-electron chi connectivity index (χ0n) is 13.5. The highest BCUT2D eigenvalue weighted by atomic mass is 79.9. The van der Waals surface area contributed by atoms with Crippen LogP contribution >= 0.6 is 15.9 Å². The molecule has 0 spiro atoms. The zero-order valence-corrected chi connectivity index (χ0v) is 15.9. The quantitative estimate of drug-likeness (QED) is 0.687. The molecule has 0 heterocycles. The Balaban J connectivity index is 2.39. The van der Waals surface area contributed by atoms with Gasteiger partial charge in [0.15, 0.2) is 0 Å². The summed E-state index contributed by atoms with van der Waals surface area (Å²) in [7, 11) is -2.56. The van der Waals surface area contributed by atoms with Crippen molar-refractivity contribution in [3.05, 3.63) is 52.0 Å². The van der Waals surface area contributed by atoms with Crippen molar-refractivity contribution in [2.75, 3.05) is 7.11 Å². The van der Waals surface area contributed by atoms with Crippen molar-refractivity contribution in [1.29, 1.82) is 0 Å². The van der Waals surface area contributed by atoms with E-state index in [-0.39, 0.29) is 16.4 Å². The molecule has 23 heavy (non-hydrogen) atoms. The van der Waals surface area contributed by atoms with Crippen molar-refractivity contribution < 1.29 is 17.3 Å². The number of aryl methyl sites for hydroxylation is 1. The zero-order chi connectivity index (χ0) is 17.2. The average Bonchev–Trinajstić information content (AvgIpc) is 2.46. The third-order valence-corrected chi connectivity index (χ3v) is 5.23. The molecular weight excluding hydrogens is 380 g/mol. The molecule has 0 unspecified atom stereocenters. The van der Waals surface area contributed by atoms with E-state index in [9.17, 15) is 8.42 Å². The summed E-state index contributed by atoms with van der Waals surface area (Å²) in [4.78, 5) is -0.0139. The summed E-state index contributed by atoms with van der Waals surface area (Å²) in [6, 6.07) is 10.0. The van der Waals surface area contributed by atoms with E-state index < -0.39 is 10.1 Å². The number of hydrogen-bond acceptors (Lipinski definition) is 4. The average molecular weight is 399 g/mol. The molecule has 0 saturated heterocycles. The minimum absolute atomic E-state index is 0.0139. The highest BCUT2D eigenvalue weighted by molar-refractivity contribution is 9.10. The van der Waals surface area contributed by atoms with Crippen LogP contribution in [0.2, 0.25) is 0 Å². The van der Waals surface area contributed by atoms with Gasteiger partial charge in [0.1, 0.15) is 16.4 Å². The van der Waals surface area contributed by atoms with Crippen LogP contribution in [0.1, 0.15) is 30.9 Å². The standard InChI is InChI=1S/C17H19BrO4S/c1-11(2)15-7-6-14(9-12(15)3)22-23(19,20)17-10-13(18)5-8-16(17)21-4/h5-11H,1-4H3. The van der Waals surface area contributed by atoms with Crippen LogP contribution < -0.4 is 8.92 Å². The number of hydrogen-bond donors (Lipinski definition) is 0. The molecule has 4 nitrogen and oxygen atoms in total. The maximum absolute atomic E-state index is 12.5. The molecule has 0 aliphatic heterocycles. The lowest BCUT2D eigenvalue weighted by Gasteiger charge is -2.14. The van der Waals surface area contributed by atoms with Gasteiger partial charge in [-0.15, -0.1) is 0 Å². The van der Waals surface area contributed by atoms with E-state index in [0.717, 1.165) is 11.1 Å². The highest BCUT2D eigenvalue weighted by Gasteiger charge is 2.22. The Morgan fingerprint density at radius 1 is 1.09 bits per heavy atom. The molecule has 124 valence electrons. The highest BCUT2D eigenvalue weighted by Crippen LogP contribution is 2.31. The van der Waals surface area contributed by atoms with Gasteiger partial charge < -0.3 is 8.92 Å². The fourth-order valence-corrected chi connectivity index (χ4v) is 3.99. The van der Waals surface area contributed by atoms with Gasteiger partial charge in [0.05, 0.1) is 7.11 Å². The second kappa shape index (κ2) is 6.93. The van der Waals surface area contributed by atoms with Crippen molar-refractivity contribution in [3.63, 3.8) is 0 Å². The molecular formula is C17H19BrO4S. The third-order valence-electron chi connectivity index (χ3n) is 3.46. The van der Waals surface area contributed by atoms with E-state index >= 15 is 0 Å². The molecule has 0 aromatic heterocycles. The van der Waals surface area contributed by atoms with Crippen molar-refractivity contribution in [2.24, 2.45) is 0 Å². The van der Waals surface area contributed by atoms with E-state index in [2.05, 4.69) is 29.8 Å². The Kier molecular flexibility index (Phi) is 5.37. The molecule has 0 saturated carbocycles. The predicted octanol–water partition coefficient (Wildman–Crippen LogP) is 4.66. The summed E-state index contributed by atoms with van der Waals surface area (Å²) in [6.07, 6.45) is 0. The van der Waals surface area contributed by atoms with Crippen molar-refractivity contribution in [1.82, 2.24) is 0 Å². The molecule has 2 aromatic rings. The Bertz CT molecular complexity index is 813. The molecule has 6 heteroatoms. The lowest BCUT2D eigenvalue weighted by atomic mass is 9.98. The molecule has 0 amide bonds. The normalized spacial score (nSPS) is 11.6. The Labute approximate surface area is 145 Å². The number of rotatable bonds is 5. The minimum Gasteiger partial charge on any atom is -0.495 e. The van der Waals surface area contributed by atoms with E-state index in [1.54, 1.807) is 24.3 Å². The maximum atomic E-state index is 12.5. The van der Waals surface area contributed by atoms with E-state index in [4.69, 9.17) is 8.92 Å². The molecule has 0 bridgehead atoms. The molecule has 0 N–H and O–H groups in total. The van der Waals surface area contributed by atoms with Gasteiger partial charge in [0.2, 0.25) is 0 Å². The molecule has 0 radical (unpaired) electrons. The van der Waals surface area contributed by atoms with Crippen LogP contribution in [0.15, 0.2) is 45.8 Å². The minimum atomic E-state index is -3.98. The van der Waals surface area contributed by atoms with Crippen LogP contribution in [-0.4, -0.2) is 15.5 Å². The van der Waals surface area contributed by atoms with Crippen LogP contribution in [0.5, 0.6) is 11.5 Å². The smallest absolute Gasteiger partial charge is 0.342 e. The van der Waals surface area contributed by atoms with Crippen LogP contribution in [0.25, 0.3) is 0 Å². The van der Waals surface area contributed by atoms with Crippen LogP contribution in [0.4, 0.5) is 0 Å². The fourth-order valence-electron chi connectivity index (χ4n) is 2.37. The summed E-state index contributed by atoms with van der Waals surface area (Å²) >= 11 is 3.26. The van der Waals surface area contributed by atoms with Gasteiger partial charge in [0.25, 0.3) is 0 Å². The lowest BCUT2D eigenvalue weighted by Crippen LogP contribution is -2.11. The van der Waals surface area contributed by atoms with Gasteiger partial charge in [-0.25, -0.2) is 0 Å². The Morgan fingerprint density at radius 3 is 2.35 bits per heavy atom. The van der Waals surface area contributed by atoms with E-state index in [1.165, 1.54) is 13.2 Å². The molecule has 0 fully saturated rings. The molecule has 2 aromatic carbocycles. The summed E-state index contributed by atoms with van der Waals surface area (Å²) in [6.45, 7) is 6.12. The number of benzene rings is 2. The first kappa shape index (κ1) is 17.8. The van der Waals surface area contributed by atoms with Gasteiger partial charge in [0, 0.05) is 4.47 Å². The largest absolute Gasteiger partial charge is 0.495 e. The lowest BCUT2D eigenvalue weighted by molar-refractivity contribution is 0.398. The number of halogens is 1. The van der Waals surface area contributed by atoms with Crippen LogP contribution in [0.3, 0.4) is 0 Å². The van der Waals surface area contributed by atoms with Gasteiger partial charge in [-0.1, -0.05) is 35.8 Å². The van der Waals surface area contributed by atoms with Gasteiger partial charge in [-0.2, -0.15) is 8.42 Å². The predicted molar refractivity (Wildman–Crippen MR) is 93.8 cm³/mol. The van der Waals surface area contributed by atoms with Crippen molar-refractivity contribution in [2.45, 2.75) is 31.6 Å². The molecule has 0 aliphatic carbocycles. The van der Waals surface area contributed by atoms with Gasteiger partial charge in [-0.3, -0.25) is 0 Å². The first-order chi connectivity index (χ1) is 10.7. The van der Waals surface area contributed by atoms with Crippen molar-refractivity contribution >= 4 is 26.0 Å². The van der Waals surface area contributed by atoms with E-state index in [0.29, 0.717) is 10.4 Å². The topological polar surface area (TPSA) is 52.6 Å². The summed E-state index contributed by atoms with van der Waals surface area (Å²) in [5.74, 6) is 0.892. The maximum Gasteiger partial charge on any atom is 0.342 e. The summed E-state index contributed by atoms with van der Waals surface area (Å²) in [5.41, 5.74) is 2.16. The van der Waals surface area contributed by atoms with Gasteiger partial charge >= 0.3 is 10.1 Å². The van der Waals surface area contributed by atoms with Crippen LogP contribution in [-0.2, 0) is 10.1 Å². The molecule has 2 rings (SSSR count). The molecule has 0 atom stereocenters. The first-order valence-corrected chi connectivity index (χ1v) is 9.33. The Hall–Kier alpha value is -1.53. The van der Waals surface area contributed by atoms with E-state index in [1.807, 2.05) is 13.0 Å². The third kappa shape index (κ3) is 4.06. The molecule has 0 aliphatic rings. The summed E-state index contributed by atoms with van der Waals surface area (Å²) < 4.78 is 36.1. The second-order valence-electron chi connectivity index (χ2n) is 5.51. The SMILES string of the molecule is COc1ccc(Br)cc1S(=O)(=O)Oc1ccc(C(C)C)c(C)c1. The second-order valence-corrected chi connectivity index (χ2v) is 7.94.